The molecule has 4 heteroatoms. The predicted octanol–water partition coefficient (Wildman–Crippen LogP) is 4.55. The zero-order valence-corrected chi connectivity index (χ0v) is 13.4. The van der Waals surface area contributed by atoms with Gasteiger partial charge in [0.1, 0.15) is 16.7 Å². The summed E-state index contributed by atoms with van der Waals surface area (Å²) >= 11 is 6.30. The minimum absolute atomic E-state index is 0.238. The van der Waals surface area contributed by atoms with Crippen LogP contribution in [0.15, 0.2) is 18.2 Å². The lowest BCUT2D eigenvalue weighted by atomic mass is 9.98. The molecule has 0 N–H and O–H groups in total. The topological polar surface area (TPSA) is 35.0 Å². The van der Waals surface area contributed by atoms with E-state index in [-0.39, 0.29) is 5.92 Å². The molecule has 0 radical (unpaired) electrons. The highest BCUT2D eigenvalue weighted by Gasteiger charge is 2.20. The molecule has 1 aliphatic heterocycles. The molecule has 0 saturated carbocycles. The number of hydrogen-bond donors (Lipinski definition) is 0. The SMILES string of the molecule is Cc1c(Cl)nc(C(C)C)nc1-c1cccc2c1OCCC2. The van der Waals surface area contributed by atoms with Gasteiger partial charge in [-0.15, -0.1) is 0 Å². The number of aryl methyl sites for hydroxylation is 1. The Balaban J connectivity index is 2.21. The molecule has 0 spiro atoms. The summed E-state index contributed by atoms with van der Waals surface area (Å²) in [7, 11) is 0. The zero-order chi connectivity index (χ0) is 15.0. The lowest BCUT2D eigenvalue weighted by Crippen LogP contribution is -2.10. The molecule has 2 heterocycles. The molecule has 0 amide bonds. The average molecular weight is 303 g/mol. The van der Waals surface area contributed by atoms with Gasteiger partial charge in [0.05, 0.1) is 12.3 Å². The Hall–Kier alpha value is -1.61. The van der Waals surface area contributed by atoms with Gasteiger partial charge in [-0.25, -0.2) is 9.97 Å². The molecule has 3 rings (SSSR count). The number of ether oxygens (including phenoxy) is 1. The molecule has 1 aromatic heterocycles. The van der Waals surface area contributed by atoms with Crippen LogP contribution in [0.2, 0.25) is 5.15 Å². The summed E-state index contributed by atoms with van der Waals surface area (Å²) in [5.41, 5.74) is 4.07. The summed E-state index contributed by atoms with van der Waals surface area (Å²) in [6.45, 7) is 6.87. The second kappa shape index (κ2) is 5.64. The van der Waals surface area contributed by atoms with Gasteiger partial charge in [-0.3, -0.25) is 0 Å². The number of nitrogens with zero attached hydrogens (tertiary/aromatic N) is 2. The molecule has 2 aromatic rings. The number of hydrogen-bond acceptors (Lipinski definition) is 3. The average Bonchev–Trinajstić information content (AvgIpc) is 2.49. The van der Waals surface area contributed by atoms with Gasteiger partial charge in [-0.1, -0.05) is 37.6 Å². The minimum Gasteiger partial charge on any atom is -0.493 e. The molecule has 21 heavy (non-hydrogen) atoms. The van der Waals surface area contributed by atoms with Crippen molar-refractivity contribution in [2.75, 3.05) is 6.61 Å². The molecule has 0 atom stereocenters. The van der Waals surface area contributed by atoms with Crippen LogP contribution in [0.1, 0.15) is 43.1 Å². The van der Waals surface area contributed by atoms with Crippen LogP contribution in [0, 0.1) is 6.92 Å². The van der Waals surface area contributed by atoms with Crippen molar-refractivity contribution in [3.05, 3.63) is 40.3 Å². The predicted molar refractivity (Wildman–Crippen MR) is 85.1 cm³/mol. The van der Waals surface area contributed by atoms with E-state index in [9.17, 15) is 0 Å². The van der Waals surface area contributed by atoms with Crippen LogP contribution in [0.3, 0.4) is 0 Å². The molecule has 3 nitrogen and oxygen atoms in total. The fourth-order valence-corrected chi connectivity index (χ4v) is 2.78. The third kappa shape index (κ3) is 2.62. The summed E-state index contributed by atoms with van der Waals surface area (Å²) in [5.74, 6) is 1.97. The van der Waals surface area contributed by atoms with Gasteiger partial charge < -0.3 is 4.74 Å². The van der Waals surface area contributed by atoms with Gasteiger partial charge in [0.15, 0.2) is 0 Å². The third-order valence-corrected chi connectivity index (χ3v) is 4.18. The number of benzene rings is 1. The first-order chi connectivity index (χ1) is 10.1. The molecule has 1 aliphatic rings. The number of halogens is 1. The van der Waals surface area contributed by atoms with E-state index in [2.05, 4.69) is 37.0 Å². The van der Waals surface area contributed by atoms with Gasteiger partial charge in [0.25, 0.3) is 0 Å². The van der Waals surface area contributed by atoms with E-state index < -0.39 is 0 Å². The summed E-state index contributed by atoms with van der Waals surface area (Å²) < 4.78 is 5.90. The van der Waals surface area contributed by atoms with Crippen molar-refractivity contribution in [3.8, 4) is 17.0 Å². The van der Waals surface area contributed by atoms with Crippen molar-refractivity contribution in [1.82, 2.24) is 9.97 Å². The van der Waals surface area contributed by atoms with Gasteiger partial charge in [-0.2, -0.15) is 0 Å². The molecule has 1 aromatic carbocycles. The van der Waals surface area contributed by atoms with Crippen molar-refractivity contribution in [3.63, 3.8) is 0 Å². The fourth-order valence-electron chi connectivity index (χ4n) is 2.60. The molecule has 0 aliphatic carbocycles. The van der Waals surface area contributed by atoms with Crippen LogP contribution in [-0.4, -0.2) is 16.6 Å². The molecular weight excluding hydrogens is 284 g/mol. The number of aromatic nitrogens is 2. The third-order valence-electron chi connectivity index (χ3n) is 3.81. The minimum atomic E-state index is 0.238. The second-order valence-electron chi connectivity index (χ2n) is 5.75. The Kier molecular flexibility index (Phi) is 3.85. The molecule has 110 valence electrons. The molecule has 0 fully saturated rings. The maximum atomic E-state index is 6.30. The van der Waals surface area contributed by atoms with Crippen molar-refractivity contribution in [2.45, 2.75) is 39.5 Å². The Morgan fingerprint density at radius 2 is 2.05 bits per heavy atom. The van der Waals surface area contributed by atoms with Crippen LogP contribution >= 0.6 is 11.6 Å². The van der Waals surface area contributed by atoms with E-state index in [1.807, 2.05) is 6.92 Å². The van der Waals surface area contributed by atoms with E-state index in [0.29, 0.717) is 5.15 Å². The van der Waals surface area contributed by atoms with Crippen molar-refractivity contribution < 1.29 is 4.74 Å². The number of fused-ring (bicyclic) bond motifs is 1. The van der Waals surface area contributed by atoms with E-state index in [1.165, 1.54) is 5.56 Å². The maximum Gasteiger partial charge on any atom is 0.136 e. The van der Waals surface area contributed by atoms with E-state index in [4.69, 9.17) is 21.3 Å². The van der Waals surface area contributed by atoms with Crippen LogP contribution < -0.4 is 4.74 Å². The molecule has 0 saturated heterocycles. The van der Waals surface area contributed by atoms with Crippen molar-refractivity contribution in [2.24, 2.45) is 0 Å². The first-order valence-electron chi connectivity index (χ1n) is 7.37. The summed E-state index contributed by atoms with van der Waals surface area (Å²) in [4.78, 5) is 9.12. The normalized spacial score (nSPS) is 14.0. The number of rotatable bonds is 2. The van der Waals surface area contributed by atoms with Gasteiger partial charge in [-0.05, 0) is 31.4 Å². The van der Waals surface area contributed by atoms with Crippen molar-refractivity contribution >= 4 is 11.6 Å². The lowest BCUT2D eigenvalue weighted by molar-refractivity contribution is 0.289. The fraction of sp³-hybridized carbons (Fsp3) is 0.412. The highest BCUT2D eigenvalue weighted by molar-refractivity contribution is 6.30. The van der Waals surface area contributed by atoms with Crippen LogP contribution in [0.25, 0.3) is 11.3 Å². The van der Waals surface area contributed by atoms with Crippen molar-refractivity contribution in [1.29, 1.82) is 0 Å². The van der Waals surface area contributed by atoms with Gasteiger partial charge in [0.2, 0.25) is 0 Å². The van der Waals surface area contributed by atoms with E-state index >= 15 is 0 Å². The molecule has 0 bridgehead atoms. The highest BCUT2D eigenvalue weighted by atomic mass is 35.5. The Morgan fingerprint density at radius 1 is 1.24 bits per heavy atom. The summed E-state index contributed by atoms with van der Waals surface area (Å²) in [6, 6.07) is 6.24. The standard InChI is InChI=1S/C17H19ClN2O/c1-10(2)17-19-14(11(3)16(18)20-17)13-8-4-6-12-7-5-9-21-15(12)13/h4,6,8,10H,5,7,9H2,1-3H3. The Labute approximate surface area is 130 Å². The first kappa shape index (κ1) is 14.3. The largest absolute Gasteiger partial charge is 0.493 e. The zero-order valence-electron chi connectivity index (χ0n) is 12.6. The van der Waals surface area contributed by atoms with E-state index in [0.717, 1.165) is 47.8 Å². The smallest absolute Gasteiger partial charge is 0.136 e. The summed E-state index contributed by atoms with van der Waals surface area (Å²) in [5, 5.41) is 0.525. The quantitative estimate of drug-likeness (QED) is 0.763. The Morgan fingerprint density at radius 3 is 2.81 bits per heavy atom. The summed E-state index contributed by atoms with van der Waals surface area (Å²) in [6.07, 6.45) is 2.12. The monoisotopic (exact) mass is 302 g/mol. The Bertz CT molecular complexity index is 683. The van der Waals surface area contributed by atoms with Crippen LogP contribution in [0.4, 0.5) is 0 Å². The van der Waals surface area contributed by atoms with Crippen LogP contribution in [0.5, 0.6) is 5.75 Å². The highest BCUT2D eigenvalue weighted by Crippen LogP contribution is 2.38. The molecular formula is C17H19ClN2O. The molecule has 0 unspecified atom stereocenters. The second-order valence-corrected chi connectivity index (χ2v) is 6.10. The van der Waals surface area contributed by atoms with Gasteiger partial charge in [0, 0.05) is 17.0 Å². The van der Waals surface area contributed by atoms with E-state index in [1.54, 1.807) is 0 Å². The van der Waals surface area contributed by atoms with Gasteiger partial charge >= 0.3 is 0 Å². The number of para-hydroxylation sites is 1. The first-order valence-corrected chi connectivity index (χ1v) is 7.75. The van der Waals surface area contributed by atoms with Crippen LogP contribution in [-0.2, 0) is 6.42 Å². The lowest BCUT2D eigenvalue weighted by Gasteiger charge is -2.21. The maximum absolute atomic E-state index is 6.30.